The van der Waals surface area contributed by atoms with Gasteiger partial charge in [0.25, 0.3) is 5.91 Å². The number of nitrogens with zero attached hydrogens (tertiary/aromatic N) is 4. The van der Waals surface area contributed by atoms with E-state index >= 15 is 0 Å². The molecule has 0 radical (unpaired) electrons. The van der Waals surface area contributed by atoms with E-state index in [9.17, 15) is 4.79 Å². The first kappa shape index (κ1) is 15.0. The lowest BCUT2D eigenvalue weighted by atomic mass is 10.2. The molecule has 1 amide bonds. The summed E-state index contributed by atoms with van der Waals surface area (Å²) in [5.41, 5.74) is 2.17. The molecule has 0 atom stereocenters. The highest BCUT2D eigenvalue weighted by Gasteiger charge is 2.10. The lowest BCUT2D eigenvalue weighted by molar-refractivity contribution is 0.102. The molecule has 0 aliphatic carbocycles. The van der Waals surface area contributed by atoms with E-state index in [1.54, 1.807) is 16.9 Å². The average molecular weight is 309 g/mol. The standard InChI is InChI=1S/C17H19N5O/c1-3-10-21-11-8-16(20-21)17(23)19-14-4-6-15(7-5-14)22-12-9-18-13(22)2/h4-9,11-12H,3,10H2,1-2H3,(H,19,23). The van der Waals surface area contributed by atoms with Crippen molar-refractivity contribution in [3.05, 3.63) is 60.4 Å². The molecule has 1 N–H and O–H groups in total. The SMILES string of the molecule is CCCn1ccc(C(=O)Nc2ccc(-n3ccnc3C)cc2)n1. The molecule has 0 unspecified atom stereocenters. The summed E-state index contributed by atoms with van der Waals surface area (Å²) in [6.45, 7) is 4.83. The van der Waals surface area contributed by atoms with Gasteiger partial charge in [-0.3, -0.25) is 9.48 Å². The van der Waals surface area contributed by atoms with E-state index in [-0.39, 0.29) is 5.91 Å². The van der Waals surface area contributed by atoms with Gasteiger partial charge in [-0.2, -0.15) is 5.10 Å². The number of carbonyl (C=O) groups excluding carboxylic acids is 1. The van der Waals surface area contributed by atoms with Gasteiger partial charge >= 0.3 is 0 Å². The van der Waals surface area contributed by atoms with Crippen molar-refractivity contribution in [2.75, 3.05) is 5.32 Å². The molecule has 2 aromatic heterocycles. The molecule has 6 nitrogen and oxygen atoms in total. The molecule has 3 rings (SSSR count). The van der Waals surface area contributed by atoms with Gasteiger partial charge in [0, 0.05) is 36.5 Å². The Morgan fingerprint density at radius 3 is 2.61 bits per heavy atom. The minimum Gasteiger partial charge on any atom is -0.321 e. The monoisotopic (exact) mass is 309 g/mol. The fraction of sp³-hybridized carbons (Fsp3) is 0.235. The van der Waals surface area contributed by atoms with Crippen molar-refractivity contribution < 1.29 is 4.79 Å². The number of aryl methyl sites for hydroxylation is 2. The smallest absolute Gasteiger partial charge is 0.276 e. The van der Waals surface area contributed by atoms with Crippen molar-refractivity contribution in [3.8, 4) is 5.69 Å². The summed E-state index contributed by atoms with van der Waals surface area (Å²) in [4.78, 5) is 16.4. The number of amides is 1. The number of aromatic nitrogens is 4. The first-order chi connectivity index (χ1) is 11.2. The summed E-state index contributed by atoms with van der Waals surface area (Å²) < 4.78 is 3.76. The number of imidazole rings is 1. The van der Waals surface area contributed by atoms with Crippen molar-refractivity contribution >= 4 is 11.6 Å². The zero-order chi connectivity index (χ0) is 16.2. The van der Waals surface area contributed by atoms with Crippen LogP contribution in [0.3, 0.4) is 0 Å². The van der Waals surface area contributed by atoms with Crippen molar-refractivity contribution in [2.45, 2.75) is 26.8 Å². The highest BCUT2D eigenvalue weighted by Crippen LogP contribution is 2.15. The minimum atomic E-state index is -0.202. The summed E-state index contributed by atoms with van der Waals surface area (Å²) in [6, 6.07) is 9.36. The largest absolute Gasteiger partial charge is 0.321 e. The van der Waals surface area contributed by atoms with Gasteiger partial charge in [-0.1, -0.05) is 6.92 Å². The molecule has 118 valence electrons. The number of carbonyl (C=O) groups is 1. The number of hydrogen-bond acceptors (Lipinski definition) is 3. The van der Waals surface area contributed by atoms with Crippen LogP contribution in [0.2, 0.25) is 0 Å². The van der Waals surface area contributed by atoms with Crippen molar-refractivity contribution in [3.63, 3.8) is 0 Å². The first-order valence-corrected chi connectivity index (χ1v) is 7.62. The van der Waals surface area contributed by atoms with E-state index in [1.165, 1.54) is 0 Å². The highest BCUT2D eigenvalue weighted by molar-refractivity contribution is 6.02. The molecule has 0 saturated heterocycles. The maximum absolute atomic E-state index is 12.2. The van der Waals surface area contributed by atoms with Crippen LogP contribution in [0, 0.1) is 6.92 Å². The second-order valence-electron chi connectivity index (χ2n) is 5.31. The number of benzene rings is 1. The van der Waals surface area contributed by atoms with Gasteiger partial charge < -0.3 is 9.88 Å². The average Bonchev–Trinajstić information content (AvgIpc) is 3.18. The van der Waals surface area contributed by atoms with E-state index < -0.39 is 0 Å². The summed E-state index contributed by atoms with van der Waals surface area (Å²) >= 11 is 0. The Morgan fingerprint density at radius 2 is 1.96 bits per heavy atom. The van der Waals surface area contributed by atoms with Gasteiger partial charge in [0.05, 0.1) is 0 Å². The second-order valence-corrected chi connectivity index (χ2v) is 5.31. The van der Waals surface area contributed by atoms with Crippen molar-refractivity contribution in [1.82, 2.24) is 19.3 Å². The summed E-state index contributed by atoms with van der Waals surface area (Å²) in [7, 11) is 0. The molecule has 1 aromatic carbocycles. The molecular formula is C17H19N5O. The number of anilines is 1. The number of nitrogens with one attached hydrogen (secondary N) is 1. The number of rotatable bonds is 5. The lowest BCUT2D eigenvalue weighted by Gasteiger charge is -2.07. The topological polar surface area (TPSA) is 64.7 Å². The van der Waals surface area contributed by atoms with E-state index in [2.05, 4.69) is 22.3 Å². The zero-order valence-electron chi connectivity index (χ0n) is 13.2. The molecule has 0 fully saturated rings. The maximum atomic E-state index is 12.2. The third kappa shape index (κ3) is 3.31. The van der Waals surface area contributed by atoms with Crippen LogP contribution in [0.15, 0.2) is 48.9 Å². The molecule has 23 heavy (non-hydrogen) atoms. The predicted molar refractivity (Wildman–Crippen MR) is 88.8 cm³/mol. The zero-order valence-corrected chi connectivity index (χ0v) is 13.2. The van der Waals surface area contributed by atoms with Gasteiger partial charge in [0.1, 0.15) is 5.82 Å². The fourth-order valence-electron chi connectivity index (χ4n) is 2.39. The molecule has 0 saturated carbocycles. The van der Waals surface area contributed by atoms with E-state index in [0.29, 0.717) is 5.69 Å². The Morgan fingerprint density at radius 1 is 1.17 bits per heavy atom. The summed E-state index contributed by atoms with van der Waals surface area (Å²) in [5, 5.41) is 7.12. The normalized spacial score (nSPS) is 10.7. The van der Waals surface area contributed by atoms with Gasteiger partial charge in [0.2, 0.25) is 0 Å². The van der Waals surface area contributed by atoms with Crippen LogP contribution in [0.5, 0.6) is 0 Å². The van der Waals surface area contributed by atoms with Crippen LogP contribution < -0.4 is 5.32 Å². The summed E-state index contributed by atoms with van der Waals surface area (Å²) in [6.07, 6.45) is 6.47. The molecule has 6 heteroatoms. The van der Waals surface area contributed by atoms with Crippen LogP contribution in [0.4, 0.5) is 5.69 Å². The fourth-order valence-corrected chi connectivity index (χ4v) is 2.39. The van der Waals surface area contributed by atoms with Gasteiger partial charge in [-0.15, -0.1) is 0 Å². The highest BCUT2D eigenvalue weighted by atomic mass is 16.1. The van der Waals surface area contributed by atoms with Crippen LogP contribution in [-0.2, 0) is 6.54 Å². The van der Waals surface area contributed by atoms with Crippen molar-refractivity contribution in [2.24, 2.45) is 0 Å². The van der Waals surface area contributed by atoms with E-state index in [1.807, 2.05) is 48.1 Å². The van der Waals surface area contributed by atoms with Gasteiger partial charge in [-0.05, 0) is 43.7 Å². The molecular weight excluding hydrogens is 290 g/mol. The van der Waals surface area contributed by atoms with Crippen molar-refractivity contribution in [1.29, 1.82) is 0 Å². The second kappa shape index (κ2) is 6.48. The predicted octanol–water partition coefficient (Wildman–Crippen LogP) is 3.04. The maximum Gasteiger partial charge on any atom is 0.276 e. The van der Waals surface area contributed by atoms with Crippen LogP contribution in [0.1, 0.15) is 29.7 Å². The third-order valence-electron chi connectivity index (χ3n) is 3.56. The molecule has 0 aliphatic rings. The Balaban J connectivity index is 1.70. The van der Waals surface area contributed by atoms with Gasteiger partial charge in [-0.25, -0.2) is 4.98 Å². The Bertz CT molecular complexity index is 801. The Hall–Kier alpha value is -2.89. The first-order valence-electron chi connectivity index (χ1n) is 7.62. The Kier molecular flexibility index (Phi) is 4.23. The molecule has 2 heterocycles. The summed E-state index contributed by atoms with van der Waals surface area (Å²) in [5.74, 6) is 0.717. The third-order valence-corrected chi connectivity index (χ3v) is 3.56. The number of hydrogen-bond donors (Lipinski definition) is 1. The minimum absolute atomic E-state index is 0.202. The molecule has 3 aromatic rings. The molecule has 0 bridgehead atoms. The van der Waals surface area contributed by atoms with E-state index in [4.69, 9.17) is 0 Å². The quantitative estimate of drug-likeness (QED) is 0.788. The lowest BCUT2D eigenvalue weighted by Crippen LogP contribution is -2.13. The van der Waals surface area contributed by atoms with Crippen LogP contribution in [-0.4, -0.2) is 25.2 Å². The van der Waals surface area contributed by atoms with E-state index in [0.717, 1.165) is 30.2 Å². The molecule has 0 spiro atoms. The van der Waals surface area contributed by atoms with Gasteiger partial charge in [0.15, 0.2) is 5.69 Å². The van der Waals surface area contributed by atoms with Crippen LogP contribution >= 0.6 is 0 Å². The molecule has 0 aliphatic heterocycles. The van der Waals surface area contributed by atoms with Crippen LogP contribution in [0.25, 0.3) is 5.69 Å². The Labute approximate surface area is 134 Å².